The lowest BCUT2D eigenvalue weighted by Gasteiger charge is -2.03. The summed E-state index contributed by atoms with van der Waals surface area (Å²) in [5, 5.41) is 0. The molecule has 8 heavy (non-hydrogen) atoms. The molecule has 0 bridgehead atoms. The summed E-state index contributed by atoms with van der Waals surface area (Å²) in [6.07, 6.45) is 1.12. The molecule has 1 atom stereocenters. The van der Waals surface area contributed by atoms with Crippen molar-refractivity contribution >= 4 is 0 Å². The minimum atomic E-state index is -0.614. The van der Waals surface area contributed by atoms with Crippen LogP contribution in [0.5, 0.6) is 0 Å². The molecule has 50 valence electrons. The Bertz CT molecular complexity index is 40.3. The van der Waals surface area contributed by atoms with Gasteiger partial charge in [-0.05, 0) is 25.7 Å². The molecule has 0 aliphatic rings. The van der Waals surface area contributed by atoms with Crippen LogP contribution in [0.3, 0.4) is 0 Å². The van der Waals surface area contributed by atoms with Crippen LogP contribution in [0.2, 0.25) is 0 Å². The smallest absolute Gasteiger partial charge is 0.0973 e. The predicted molar refractivity (Wildman–Crippen MR) is 34.6 cm³/mol. The summed E-state index contributed by atoms with van der Waals surface area (Å²) in [4.78, 5) is 0. The zero-order chi connectivity index (χ0) is 6.57. The molecular weight excluding hydrogens is 103 g/mol. The van der Waals surface area contributed by atoms with Gasteiger partial charge in [-0.25, -0.2) is 4.39 Å². The van der Waals surface area contributed by atoms with Gasteiger partial charge < -0.3 is 0 Å². The van der Waals surface area contributed by atoms with Crippen molar-refractivity contribution in [1.82, 2.24) is 0 Å². The maximum absolute atomic E-state index is 12.1. The van der Waals surface area contributed by atoms with E-state index in [1.165, 1.54) is 0 Å². The van der Waals surface area contributed by atoms with Crippen LogP contribution >= 0.6 is 0 Å². The maximum atomic E-state index is 12.1. The molecule has 0 radical (unpaired) electrons. The summed E-state index contributed by atoms with van der Waals surface area (Å²) in [7, 11) is 0. The van der Waals surface area contributed by atoms with Gasteiger partial charge in [-0.3, -0.25) is 0 Å². The maximum Gasteiger partial charge on any atom is 0.0973 e. The first kappa shape index (κ1) is 7.93. The van der Waals surface area contributed by atoms with E-state index in [-0.39, 0.29) is 0 Å². The molecule has 0 aliphatic heterocycles. The van der Waals surface area contributed by atoms with Crippen LogP contribution in [-0.4, -0.2) is 6.17 Å². The first-order valence-electron chi connectivity index (χ1n) is 3.27. The Morgan fingerprint density at radius 2 is 1.62 bits per heavy atom. The highest BCUT2D eigenvalue weighted by atomic mass is 19.1. The Labute approximate surface area is 51.1 Å². The third-order valence-electron chi connectivity index (χ3n) is 1.14. The molecule has 1 heteroatoms. The molecular formula is C7H15F. The molecule has 0 unspecified atom stereocenters. The SMILES string of the molecule is CC(C)CC[C@@H](C)F. The van der Waals surface area contributed by atoms with Crippen molar-refractivity contribution < 1.29 is 4.39 Å². The van der Waals surface area contributed by atoms with Crippen molar-refractivity contribution in [2.24, 2.45) is 5.92 Å². The van der Waals surface area contributed by atoms with Crippen LogP contribution in [-0.2, 0) is 0 Å². The van der Waals surface area contributed by atoms with Crippen molar-refractivity contribution in [3.63, 3.8) is 0 Å². The van der Waals surface area contributed by atoms with E-state index in [4.69, 9.17) is 0 Å². The van der Waals surface area contributed by atoms with Gasteiger partial charge in [0.25, 0.3) is 0 Å². The summed E-state index contributed by atoms with van der Waals surface area (Å²) in [5.41, 5.74) is 0. The molecule has 0 nitrogen and oxygen atoms in total. The molecule has 0 spiro atoms. The Hall–Kier alpha value is -0.0700. The van der Waals surface area contributed by atoms with E-state index in [2.05, 4.69) is 13.8 Å². The minimum Gasteiger partial charge on any atom is -0.248 e. The van der Waals surface area contributed by atoms with E-state index in [0.717, 1.165) is 12.8 Å². The fraction of sp³-hybridized carbons (Fsp3) is 1.00. The highest BCUT2D eigenvalue weighted by Crippen LogP contribution is 2.07. The Morgan fingerprint density at radius 1 is 1.12 bits per heavy atom. The number of alkyl halides is 1. The minimum absolute atomic E-state index is 0.614. The average molecular weight is 118 g/mol. The van der Waals surface area contributed by atoms with Crippen molar-refractivity contribution in [1.29, 1.82) is 0 Å². The largest absolute Gasteiger partial charge is 0.248 e. The van der Waals surface area contributed by atoms with Gasteiger partial charge in [0.15, 0.2) is 0 Å². The van der Waals surface area contributed by atoms with E-state index >= 15 is 0 Å². The van der Waals surface area contributed by atoms with Gasteiger partial charge in [0.2, 0.25) is 0 Å². The second-order valence-electron chi connectivity index (χ2n) is 2.75. The Kier molecular flexibility index (Phi) is 3.84. The highest BCUT2D eigenvalue weighted by Gasteiger charge is 1.98. The molecule has 0 aliphatic carbocycles. The molecule has 0 aromatic carbocycles. The van der Waals surface area contributed by atoms with Gasteiger partial charge in [-0.15, -0.1) is 0 Å². The summed E-state index contributed by atoms with van der Waals surface area (Å²) < 4.78 is 12.1. The third kappa shape index (κ3) is 5.93. The zero-order valence-electron chi connectivity index (χ0n) is 5.95. The van der Waals surface area contributed by atoms with Crippen molar-refractivity contribution in [3.05, 3.63) is 0 Å². The van der Waals surface area contributed by atoms with E-state index < -0.39 is 6.17 Å². The molecule has 0 saturated heterocycles. The summed E-state index contributed by atoms with van der Waals surface area (Å²) in [6, 6.07) is 0. The van der Waals surface area contributed by atoms with E-state index in [0.29, 0.717) is 5.92 Å². The van der Waals surface area contributed by atoms with Crippen molar-refractivity contribution in [2.75, 3.05) is 0 Å². The summed E-state index contributed by atoms with van der Waals surface area (Å²) in [6.45, 7) is 5.84. The molecule has 0 N–H and O–H groups in total. The van der Waals surface area contributed by atoms with Gasteiger partial charge in [0.1, 0.15) is 0 Å². The molecule has 0 saturated carbocycles. The summed E-state index contributed by atoms with van der Waals surface area (Å²) >= 11 is 0. The number of halogens is 1. The van der Waals surface area contributed by atoms with Gasteiger partial charge in [0.05, 0.1) is 6.17 Å². The first-order chi connectivity index (χ1) is 3.63. The lowest BCUT2D eigenvalue weighted by Crippen LogP contribution is -1.95. The van der Waals surface area contributed by atoms with Crippen molar-refractivity contribution in [2.45, 2.75) is 39.8 Å². The number of rotatable bonds is 3. The molecule has 0 rings (SSSR count). The van der Waals surface area contributed by atoms with Crippen LogP contribution in [0, 0.1) is 5.92 Å². The van der Waals surface area contributed by atoms with Crippen molar-refractivity contribution in [3.8, 4) is 0 Å². The third-order valence-corrected chi connectivity index (χ3v) is 1.14. The molecule has 0 aromatic heterocycles. The van der Waals surface area contributed by atoms with Gasteiger partial charge in [0, 0.05) is 0 Å². The second kappa shape index (κ2) is 3.88. The van der Waals surface area contributed by atoms with E-state index in [1.54, 1.807) is 6.92 Å². The first-order valence-corrected chi connectivity index (χ1v) is 3.27. The van der Waals surface area contributed by atoms with Crippen LogP contribution in [0.25, 0.3) is 0 Å². The second-order valence-corrected chi connectivity index (χ2v) is 2.75. The molecule has 0 amide bonds. The lowest BCUT2D eigenvalue weighted by atomic mass is 10.1. The fourth-order valence-electron chi connectivity index (χ4n) is 0.563. The molecule has 0 heterocycles. The lowest BCUT2D eigenvalue weighted by molar-refractivity contribution is 0.318. The van der Waals surface area contributed by atoms with Crippen LogP contribution in [0.15, 0.2) is 0 Å². The van der Waals surface area contributed by atoms with Crippen LogP contribution in [0.1, 0.15) is 33.6 Å². The Balaban J connectivity index is 2.93. The fourth-order valence-corrected chi connectivity index (χ4v) is 0.563. The average Bonchev–Trinajstić information content (AvgIpc) is 1.61. The van der Waals surface area contributed by atoms with Gasteiger partial charge in [-0.1, -0.05) is 13.8 Å². The quantitative estimate of drug-likeness (QED) is 0.534. The van der Waals surface area contributed by atoms with Gasteiger partial charge >= 0.3 is 0 Å². The standard InChI is InChI=1S/C7H15F/c1-6(2)4-5-7(3)8/h6-7H,4-5H2,1-3H3/t7-/m1/s1. The predicted octanol–water partition coefficient (Wildman–Crippen LogP) is 2.78. The summed E-state index contributed by atoms with van der Waals surface area (Å²) in [5.74, 6) is 0.646. The van der Waals surface area contributed by atoms with E-state index in [1.807, 2.05) is 0 Å². The molecule has 0 fully saturated rings. The highest BCUT2D eigenvalue weighted by molar-refractivity contribution is 4.50. The normalized spacial score (nSPS) is 14.6. The Morgan fingerprint density at radius 3 is 1.75 bits per heavy atom. The van der Waals surface area contributed by atoms with E-state index in [9.17, 15) is 4.39 Å². The van der Waals surface area contributed by atoms with Crippen LogP contribution in [0.4, 0.5) is 4.39 Å². The number of hydrogen-bond acceptors (Lipinski definition) is 0. The zero-order valence-corrected chi connectivity index (χ0v) is 5.95. The number of hydrogen-bond donors (Lipinski definition) is 0. The van der Waals surface area contributed by atoms with Crippen LogP contribution < -0.4 is 0 Å². The topological polar surface area (TPSA) is 0 Å². The molecule has 0 aromatic rings. The van der Waals surface area contributed by atoms with Gasteiger partial charge in [-0.2, -0.15) is 0 Å². The monoisotopic (exact) mass is 118 g/mol.